The maximum atomic E-state index is 5.85. The number of benzene rings is 1. The van der Waals surface area contributed by atoms with Crippen molar-refractivity contribution < 1.29 is 4.74 Å². The van der Waals surface area contributed by atoms with Gasteiger partial charge in [-0.3, -0.25) is 0 Å². The SMILES string of the molecule is CCOC1(c2ccccc2)CCC1. The first-order valence-electron chi connectivity index (χ1n) is 5.07. The van der Waals surface area contributed by atoms with Crippen molar-refractivity contribution in [3.05, 3.63) is 35.9 Å². The van der Waals surface area contributed by atoms with E-state index in [4.69, 9.17) is 4.74 Å². The van der Waals surface area contributed by atoms with Gasteiger partial charge in [-0.2, -0.15) is 0 Å². The van der Waals surface area contributed by atoms with E-state index in [1.54, 1.807) is 0 Å². The van der Waals surface area contributed by atoms with Gasteiger partial charge in [0, 0.05) is 6.61 Å². The van der Waals surface area contributed by atoms with E-state index in [-0.39, 0.29) is 5.60 Å². The number of hydrogen-bond donors (Lipinski definition) is 0. The summed E-state index contributed by atoms with van der Waals surface area (Å²) in [6.07, 6.45) is 3.67. The van der Waals surface area contributed by atoms with E-state index < -0.39 is 0 Å². The molecule has 0 spiro atoms. The van der Waals surface area contributed by atoms with Gasteiger partial charge in [-0.25, -0.2) is 0 Å². The summed E-state index contributed by atoms with van der Waals surface area (Å²) in [5.74, 6) is 0. The Hall–Kier alpha value is -0.820. The van der Waals surface area contributed by atoms with Gasteiger partial charge in [-0.15, -0.1) is 0 Å². The highest BCUT2D eigenvalue weighted by atomic mass is 16.5. The fourth-order valence-corrected chi connectivity index (χ4v) is 2.03. The molecule has 0 atom stereocenters. The quantitative estimate of drug-likeness (QED) is 0.687. The molecule has 1 aromatic carbocycles. The van der Waals surface area contributed by atoms with Crippen LogP contribution in [0.25, 0.3) is 0 Å². The lowest BCUT2D eigenvalue weighted by molar-refractivity contribution is -0.101. The maximum absolute atomic E-state index is 5.85. The second-order valence-corrected chi connectivity index (χ2v) is 3.65. The van der Waals surface area contributed by atoms with Gasteiger partial charge in [-0.1, -0.05) is 30.3 Å². The molecule has 1 nitrogen and oxygen atoms in total. The van der Waals surface area contributed by atoms with Crippen LogP contribution in [-0.2, 0) is 10.3 Å². The van der Waals surface area contributed by atoms with Crippen molar-refractivity contribution >= 4 is 0 Å². The lowest BCUT2D eigenvalue weighted by Crippen LogP contribution is -2.37. The van der Waals surface area contributed by atoms with Crippen LogP contribution in [-0.4, -0.2) is 6.61 Å². The standard InChI is InChI=1S/C12H16O/c1-2-13-12(9-6-10-12)11-7-4-3-5-8-11/h3-5,7-8H,2,6,9-10H2,1H3. The van der Waals surface area contributed by atoms with Gasteiger partial charge in [0.15, 0.2) is 0 Å². The van der Waals surface area contributed by atoms with Crippen molar-refractivity contribution in [2.75, 3.05) is 6.61 Å². The van der Waals surface area contributed by atoms with Crippen LogP contribution in [0.3, 0.4) is 0 Å². The average Bonchev–Trinajstić information content (AvgIpc) is 2.13. The summed E-state index contributed by atoms with van der Waals surface area (Å²) < 4.78 is 5.85. The third kappa shape index (κ3) is 1.49. The Morgan fingerprint density at radius 3 is 2.38 bits per heavy atom. The van der Waals surface area contributed by atoms with E-state index in [1.807, 2.05) is 0 Å². The Morgan fingerprint density at radius 2 is 1.92 bits per heavy atom. The summed E-state index contributed by atoms with van der Waals surface area (Å²) in [5.41, 5.74) is 1.42. The molecule has 1 aliphatic rings. The third-order valence-electron chi connectivity index (χ3n) is 2.88. The molecule has 0 aromatic heterocycles. The highest BCUT2D eigenvalue weighted by molar-refractivity contribution is 5.24. The Labute approximate surface area is 79.7 Å². The molecule has 0 aliphatic heterocycles. The molecule has 2 rings (SSSR count). The maximum Gasteiger partial charge on any atom is 0.0931 e. The zero-order valence-corrected chi connectivity index (χ0v) is 8.12. The average molecular weight is 176 g/mol. The molecule has 70 valence electrons. The lowest BCUT2D eigenvalue weighted by Gasteiger charge is -2.41. The molecule has 1 aromatic rings. The molecule has 1 fully saturated rings. The summed E-state index contributed by atoms with van der Waals surface area (Å²) in [7, 11) is 0. The molecule has 0 unspecified atom stereocenters. The summed E-state index contributed by atoms with van der Waals surface area (Å²) >= 11 is 0. The molecule has 13 heavy (non-hydrogen) atoms. The van der Waals surface area contributed by atoms with Crippen LogP contribution in [0.1, 0.15) is 31.7 Å². The van der Waals surface area contributed by atoms with Gasteiger partial charge in [0.25, 0.3) is 0 Å². The minimum absolute atomic E-state index is 0.0655. The largest absolute Gasteiger partial charge is 0.371 e. The van der Waals surface area contributed by atoms with Crippen molar-refractivity contribution in [1.29, 1.82) is 0 Å². The van der Waals surface area contributed by atoms with E-state index in [0.29, 0.717) is 0 Å². The van der Waals surface area contributed by atoms with Gasteiger partial charge in [0.05, 0.1) is 5.60 Å². The lowest BCUT2D eigenvalue weighted by atomic mass is 9.75. The Morgan fingerprint density at radius 1 is 1.23 bits per heavy atom. The Bertz CT molecular complexity index is 262. The van der Waals surface area contributed by atoms with Crippen LogP contribution in [0.2, 0.25) is 0 Å². The van der Waals surface area contributed by atoms with Crippen molar-refractivity contribution in [3.63, 3.8) is 0 Å². The summed E-state index contributed by atoms with van der Waals surface area (Å²) in [6.45, 7) is 2.89. The smallest absolute Gasteiger partial charge is 0.0931 e. The second-order valence-electron chi connectivity index (χ2n) is 3.65. The van der Waals surface area contributed by atoms with Gasteiger partial charge in [-0.05, 0) is 31.7 Å². The van der Waals surface area contributed by atoms with Gasteiger partial charge < -0.3 is 4.74 Å². The minimum atomic E-state index is 0.0655. The zero-order chi connectivity index (χ0) is 9.15. The second kappa shape index (κ2) is 3.51. The van der Waals surface area contributed by atoms with Crippen LogP contribution >= 0.6 is 0 Å². The Kier molecular flexibility index (Phi) is 2.36. The molecule has 0 heterocycles. The van der Waals surface area contributed by atoms with Crippen molar-refractivity contribution in [2.45, 2.75) is 31.8 Å². The summed E-state index contributed by atoms with van der Waals surface area (Å²) in [5, 5.41) is 0. The van der Waals surface area contributed by atoms with Crippen molar-refractivity contribution in [3.8, 4) is 0 Å². The molecule has 0 saturated heterocycles. The van der Waals surface area contributed by atoms with Crippen LogP contribution in [0.15, 0.2) is 30.3 Å². The fourth-order valence-electron chi connectivity index (χ4n) is 2.03. The first-order chi connectivity index (χ1) is 6.37. The monoisotopic (exact) mass is 176 g/mol. The predicted molar refractivity (Wildman–Crippen MR) is 53.6 cm³/mol. The molecular formula is C12H16O. The van der Waals surface area contributed by atoms with Crippen LogP contribution in [0.4, 0.5) is 0 Å². The first kappa shape index (κ1) is 8.76. The highest BCUT2D eigenvalue weighted by Gasteiger charge is 2.39. The molecule has 1 aliphatic carbocycles. The number of hydrogen-bond acceptors (Lipinski definition) is 1. The van der Waals surface area contributed by atoms with E-state index in [0.717, 1.165) is 6.61 Å². The van der Waals surface area contributed by atoms with Crippen molar-refractivity contribution in [2.24, 2.45) is 0 Å². The fraction of sp³-hybridized carbons (Fsp3) is 0.500. The van der Waals surface area contributed by atoms with E-state index in [2.05, 4.69) is 37.3 Å². The van der Waals surface area contributed by atoms with Crippen LogP contribution in [0.5, 0.6) is 0 Å². The van der Waals surface area contributed by atoms with E-state index in [1.165, 1.54) is 24.8 Å². The normalized spacial score (nSPS) is 19.5. The zero-order valence-electron chi connectivity index (χ0n) is 8.12. The molecular weight excluding hydrogens is 160 g/mol. The number of rotatable bonds is 3. The molecule has 0 amide bonds. The minimum Gasteiger partial charge on any atom is -0.371 e. The molecule has 0 N–H and O–H groups in total. The van der Waals surface area contributed by atoms with Crippen LogP contribution in [0, 0.1) is 0 Å². The summed E-state index contributed by atoms with van der Waals surface area (Å²) in [6, 6.07) is 10.6. The van der Waals surface area contributed by atoms with E-state index >= 15 is 0 Å². The van der Waals surface area contributed by atoms with E-state index in [9.17, 15) is 0 Å². The van der Waals surface area contributed by atoms with Gasteiger partial charge in [0.1, 0.15) is 0 Å². The van der Waals surface area contributed by atoms with Crippen molar-refractivity contribution in [1.82, 2.24) is 0 Å². The third-order valence-corrected chi connectivity index (χ3v) is 2.88. The van der Waals surface area contributed by atoms with Crippen LogP contribution < -0.4 is 0 Å². The molecule has 1 heteroatoms. The van der Waals surface area contributed by atoms with Gasteiger partial charge in [0.2, 0.25) is 0 Å². The predicted octanol–water partition coefficient (Wildman–Crippen LogP) is 3.10. The Balaban J connectivity index is 2.22. The molecule has 0 radical (unpaired) electrons. The summed E-state index contributed by atoms with van der Waals surface area (Å²) in [4.78, 5) is 0. The topological polar surface area (TPSA) is 9.23 Å². The first-order valence-corrected chi connectivity index (χ1v) is 5.07. The highest BCUT2D eigenvalue weighted by Crippen LogP contribution is 2.44. The molecule has 1 saturated carbocycles. The molecule has 0 bridgehead atoms. The number of ether oxygens (including phenoxy) is 1. The van der Waals surface area contributed by atoms with Gasteiger partial charge >= 0.3 is 0 Å².